The van der Waals surface area contributed by atoms with Gasteiger partial charge in [0.25, 0.3) is 0 Å². The van der Waals surface area contributed by atoms with E-state index in [4.69, 9.17) is 4.99 Å². The number of aliphatic imine (C=N–C) groups is 1. The minimum absolute atomic E-state index is 0.722. The van der Waals surface area contributed by atoms with Crippen LogP contribution in [0.5, 0.6) is 0 Å². The number of rotatable bonds is 2. The Kier molecular flexibility index (Phi) is 3.42. The van der Waals surface area contributed by atoms with Gasteiger partial charge >= 0.3 is 0 Å². The van der Waals surface area contributed by atoms with Crippen molar-refractivity contribution in [3.8, 4) is 0 Å². The van der Waals surface area contributed by atoms with Crippen molar-refractivity contribution in [2.75, 3.05) is 0 Å². The molecule has 1 aromatic carbocycles. The Hall–Kier alpha value is -1.11. The number of benzene rings is 1. The molecule has 0 heterocycles. The topological polar surface area (TPSA) is 12.4 Å². The molecule has 0 atom stereocenters. The quantitative estimate of drug-likeness (QED) is 0.644. The Balaban J connectivity index is 2.20. The average Bonchev–Trinajstić information content (AvgIpc) is 2.68. The fourth-order valence-corrected chi connectivity index (χ4v) is 2.66. The van der Waals surface area contributed by atoms with Crippen LogP contribution >= 0.6 is 0 Å². The van der Waals surface area contributed by atoms with E-state index in [-0.39, 0.29) is 0 Å². The molecule has 0 saturated heterocycles. The smallest absolute Gasteiger partial charge is 0.0684 e. The Morgan fingerprint density at radius 2 is 1.62 bits per heavy atom. The molecular weight excluding hydrogens is 194 g/mol. The van der Waals surface area contributed by atoms with Crippen LogP contribution in [-0.4, -0.2) is 6.21 Å². The summed E-state index contributed by atoms with van der Waals surface area (Å²) in [6, 6.07) is 4.43. The van der Waals surface area contributed by atoms with E-state index >= 15 is 0 Å². The first-order valence-corrected chi connectivity index (χ1v) is 6.29. The third-order valence-electron chi connectivity index (χ3n) is 3.45. The Morgan fingerprint density at radius 1 is 1.06 bits per heavy atom. The van der Waals surface area contributed by atoms with Gasteiger partial charge in [0.2, 0.25) is 0 Å². The maximum absolute atomic E-state index is 4.70. The van der Waals surface area contributed by atoms with Crippen molar-refractivity contribution >= 4 is 11.9 Å². The highest BCUT2D eigenvalue weighted by molar-refractivity contribution is 5.69. The summed E-state index contributed by atoms with van der Waals surface area (Å²) in [6.45, 7) is 6.45. The summed E-state index contributed by atoms with van der Waals surface area (Å²) in [4.78, 5) is 4.70. The van der Waals surface area contributed by atoms with Crippen LogP contribution in [0.1, 0.15) is 42.4 Å². The van der Waals surface area contributed by atoms with Gasteiger partial charge in [-0.15, -0.1) is 0 Å². The second-order valence-corrected chi connectivity index (χ2v) is 5.07. The van der Waals surface area contributed by atoms with Crippen LogP contribution in [0.15, 0.2) is 17.1 Å². The van der Waals surface area contributed by atoms with Gasteiger partial charge in [-0.3, -0.25) is 4.99 Å². The normalized spacial score (nSPS) is 17.4. The molecule has 1 heteroatoms. The zero-order valence-corrected chi connectivity index (χ0v) is 10.6. The van der Waals surface area contributed by atoms with Gasteiger partial charge in [-0.1, -0.05) is 30.5 Å². The van der Waals surface area contributed by atoms with Crippen molar-refractivity contribution in [1.29, 1.82) is 0 Å². The summed E-state index contributed by atoms with van der Waals surface area (Å²) in [6.07, 6.45) is 7.59. The maximum atomic E-state index is 4.70. The highest BCUT2D eigenvalue weighted by Gasteiger charge is 2.12. The van der Waals surface area contributed by atoms with Crippen molar-refractivity contribution in [1.82, 2.24) is 0 Å². The Morgan fingerprint density at radius 3 is 2.19 bits per heavy atom. The van der Waals surface area contributed by atoms with E-state index in [2.05, 4.69) is 39.1 Å². The van der Waals surface area contributed by atoms with Crippen molar-refractivity contribution in [3.63, 3.8) is 0 Å². The van der Waals surface area contributed by atoms with Crippen LogP contribution in [0, 0.1) is 26.7 Å². The van der Waals surface area contributed by atoms with Gasteiger partial charge in [0.15, 0.2) is 0 Å². The summed E-state index contributed by atoms with van der Waals surface area (Å²) < 4.78 is 0. The number of hydrogen-bond acceptors (Lipinski definition) is 1. The standard InChI is InChI=1S/C15H21N/c1-11-8-12(2)15(13(3)9-11)16-10-14-6-4-5-7-14/h8-10,14H,4-7H2,1-3H3. The molecule has 0 radical (unpaired) electrons. The molecule has 1 saturated carbocycles. The lowest BCUT2D eigenvalue weighted by Crippen LogP contribution is -1.94. The molecule has 0 aromatic heterocycles. The maximum Gasteiger partial charge on any atom is 0.0684 e. The molecule has 1 aromatic rings. The van der Waals surface area contributed by atoms with E-state index < -0.39 is 0 Å². The van der Waals surface area contributed by atoms with E-state index in [1.807, 2.05) is 0 Å². The first kappa shape index (κ1) is 11.4. The second-order valence-electron chi connectivity index (χ2n) is 5.07. The summed E-state index contributed by atoms with van der Waals surface area (Å²) in [7, 11) is 0. The van der Waals surface area contributed by atoms with Gasteiger partial charge in [-0.25, -0.2) is 0 Å². The van der Waals surface area contributed by atoms with Crippen LogP contribution in [-0.2, 0) is 0 Å². The van der Waals surface area contributed by atoms with Crippen molar-refractivity contribution in [2.45, 2.75) is 46.5 Å². The lowest BCUT2D eigenvalue weighted by Gasteiger charge is -2.07. The molecule has 1 fully saturated rings. The number of aryl methyl sites for hydroxylation is 3. The highest BCUT2D eigenvalue weighted by Crippen LogP contribution is 2.27. The molecule has 16 heavy (non-hydrogen) atoms. The zero-order chi connectivity index (χ0) is 11.5. The van der Waals surface area contributed by atoms with E-state index in [1.165, 1.54) is 48.1 Å². The Labute approximate surface area is 98.6 Å². The zero-order valence-electron chi connectivity index (χ0n) is 10.6. The van der Waals surface area contributed by atoms with Crippen LogP contribution in [0.3, 0.4) is 0 Å². The molecule has 2 rings (SSSR count). The molecular formula is C15H21N. The predicted molar refractivity (Wildman–Crippen MR) is 70.8 cm³/mol. The molecule has 0 bridgehead atoms. The van der Waals surface area contributed by atoms with Crippen LogP contribution in [0.2, 0.25) is 0 Å². The van der Waals surface area contributed by atoms with Crippen molar-refractivity contribution in [2.24, 2.45) is 10.9 Å². The van der Waals surface area contributed by atoms with Gasteiger partial charge in [-0.05, 0) is 50.7 Å². The van der Waals surface area contributed by atoms with E-state index in [9.17, 15) is 0 Å². The molecule has 0 N–H and O–H groups in total. The van der Waals surface area contributed by atoms with Gasteiger partial charge in [-0.2, -0.15) is 0 Å². The summed E-state index contributed by atoms with van der Waals surface area (Å²) in [5.74, 6) is 0.722. The summed E-state index contributed by atoms with van der Waals surface area (Å²) in [5, 5.41) is 0. The minimum Gasteiger partial charge on any atom is -0.260 e. The molecule has 1 aliphatic carbocycles. The number of nitrogens with zero attached hydrogens (tertiary/aromatic N) is 1. The lowest BCUT2D eigenvalue weighted by atomic mass is 10.1. The van der Waals surface area contributed by atoms with E-state index in [0.29, 0.717) is 0 Å². The fourth-order valence-electron chi connectivity index (χ4n) is 2.66. The van der Waals surface area contributed by atoms with Crippen LogP contribution in [0.4, 0.5) is 5.69 Å². The average molecular weight is 215 g/mol. The Bertz CT molecular complexity index is 375. The van der Waals surface area contributed by atoms with Gasteiger partial charge < -0.3 is 0 Å². The third-order valence-corrected chi connectivity index (χ3v) is 3.45. The monoisotopic (exact) mass is 215 g/mol. The van der Waals surface area contributed by atoms with Crippen molar-refractivity contribution in [3.05, 3.63) is 28.8 Å². The largest absolute Gasteiger partial charge is 0.260 e. The highest BCUT2D eigenvalue weighted by atomic mass is 14.7. The minimum atomic E-state index is 0.722. The second kappa shape index (κ2) is 4.82. The fraction of sp³-hybridized carbons (Fsp3) is 0.533. The molecule has 0 unspecified atom stereocenters. The third kappa shape index (κ3) is 2.52. The summed E-state index contributed by atoms with van der Waals surface area (Å²) >= 11 is 0. The molecule has 0 aliphatic heterocycles. The van der Waals surface area contributed by atoms with Gasteiger partial charge in [0.05, 0.1) is 5.69 Å². The molecule has 0 amide bonds. The van der Waals surface area contributed by atoms with E-state index in [0.717, 1.165) is 5.92 Å². The lowest BCUT2D eigenvalue weighted by molar-refractivity contribution is 0.744. The first-order chi connectivity index (χ1) is 7.66. The molecule has 1 aliphatic rings. The summed E-state index contributed by atoms with van der Waals surface area (Å²) in [5.41, 5.74) is 5.10. The van der Waals surface area contributed by atoms with E-state index in [1.54, 1.807) is 0 Å². The van der Waals surface area contributed by atoms with Crippen LogP contribution in [0.25, 0.3) is 0 Å². The molecule has 1 nitrogen and oxygen atoms in total. The predicted octanol–water partition coefficient (Wildman–Crippen LogP) is 4.50. The SMILES string of the molecule is Cc1cc(C)c(N=CC2CCCC2)c(C)c1. The first-order valence-electron chi connectivity index (χ1n) is 6.29. The molecule has 0 spiro atoms. The van der Waals surface area contributed by atoms with Crippen LogP contribution < -0.4 is 0 Å². The van der Waals surface area contributed by atoms with Gasteiger partial charge in [0, 0.05) is 6.21 Å². The van der Waals surface area contributed by atoms with Crippen molar-refractivity contribution < 1.29 is 0 Å². The van der Waals surface area contributed by atoms with Gasteiger partial charge in [0.1, 0.15) is 0 Å². The number of hydrogen-bond donors (Lipinski definition) is 0. The molecule has 86 valence electrons.